The molecular formula is C14H23Br2NO. The molecule has 104 valence electrons. The number of hydrogen-bond donors (Lipinski definition) is 1. The molecule has 1 amide bonds. The highest BCUT2D eigenvalue weighted by Gasteiger charge is 2.42. The van der Waals surface area contributed by atoms with Gasteiger partial charge in [0, 0.05) is 16.6 Å². The van der Waals surface area contributed by atoms with Gasteiger partial charge in [-0.25, -0.2) is 0 Å². The number of nitrogens with one attached hydrogen (secondary N) is 1. The van der Waals surface area contributed by atoms with Crippen LogP contribution < -0.4 is 5.32 Å². The van der Waals surface area contributed by atoms with Crippen LogP contribution in [0.2, 0.25) is 0 Å². The highest BCUT2D eigenvalue weighted by molar-refractivity contribution is 9.09. The molecule has 2 aliphatic carbocycles. The molecule has 0 saturated heterocycles. The summed E-state index contributed by atoms with van der Waals surface area (Å²) in [5.74, 6) is 1.89. The molecule has 2 nitrogen and oxygen atoms in total. The molecule has 0 spiro atoms. The van der Waals surface area contributed by atoms with Crippen LogP contribution in [-0.2, 0) is 4.79 Å². The molecule has 0 bridgehead atoms. The fraction of sp³-hybridized carbons (Fsp3) is 0.929. The largest absolute Gasteiger partial charge is 0.349 e. The number of halogens is 2. The van der Waals surface area contributed by atoms with Crippen LogP contribution in [0, 0.1) is 17.8 Å². The number of rotatable bonds is 6. The van der Waals surface area contributed by atoms with E-state index in [2.05, 4.69) is 44.1 Å². The molecule has 1 N–H and O–H groups in total. The van der Waals surface area contributed by atoms with Crippen LogP contribution in [0.1, 0.15) is 45.4 Å². The predicted octanol–water partition coefficient (Wildman–Crippen LogP) is 3.87. The lowest BCUT2D eigenvalue weighted by Crippen LogP contribution is -2.54. The maximum Gasteiger partial charge on any atom is 0.224 e. The molecule has 0 unspecified atom stereocenters. The zero-order valence-corrected chi connectivity index (χ0v) is 14.2. The number of carbonyl (C=O) groups is 1. The molecule has 0 radical (unpaired) electrons. The van der Waals surface area contributed by atoms with Crippen molar-refractivity contribution in [1.82, 2.24) is 5.32 Å². The molecule has 2 rings (SSSR count). The lowest BCUT2D eigenvalue weighted by molar-refractivity contribution is -0.133. The van der Waals surface area contributed by atoms with E-state index in [-0.39, 0.29) is 11.5 Å². The minimum absolute atomic E-state index is 0.164. The average molecular weight is 381 g/mol. The number of amides is 1. The molecule has 0 heterocycles. The summed E-state index contributed by atoms with van der Waals surface area (Å²) in [6.45, 7) is 2.09. The highest BCUT2D eigenvalue weighted by atomic mass is 79.9. The van der Waals surface area contributed by atoms with E-state index in [9.17, 15) is 4.79 Å². The summed E-state index contributed by atoms with van der Waals surface area (Å²) in [4.78, 5) is 12.6. The lowest BCUT2D eigenvalue weighted by atomic mass is 9.64. The maximum absolute atomic E-state index is 12.6. The molecule has 2 saturated carbocycles. The first-order valence-electron chi connectivity index (χ1n) is 7.03. The van der Waals surface area contributed by atoms with E-state index in [0.717, 1.165) is 10.7 Å². The summed E-state index contributed by atoms with van der Waals surface area (Å²) in [6, 6.07) is 0. The van der Waals surface area contributed by atoms with E-state index >= 15 is 0 Å². The highest BCUT2D eigenvalue weighted by Crippen LogP contribution is 2.44. The third kappa shape index (κ3) is 3.12. The molecule has 0 aromatic carbocycles. The van der Waals surface area contributed by atoms with Gasteiger partial charge in [-0.1, -0.05) is 44.7 Å². The fourth-order valence-corrected chi connectivity index (χ4v) is 4.10. The van der Waals surface area contributed by atoms with E-state index in [1.165, 1.54) is 38.5 Å². The zero-order chi connectivity index (χ0) is 13.2. The second-order valence-electron chi connectivity index (χ2n) is 6.22. The van der Waals surface area contributed by atoms with Crippen molar-refractivity contribution in [3.8, 4) is 0 Å². The molecule has 0 aromatic rings. The smallest absolute Gasteiger partial charge is 0.224 e. The van der Waals surface area contributed by atoms with Gasteiger partial charge in [0.2, 0.25) is 5.91 Å². The summed E-state index contributed by atoms with van der Waals surface area (Å²) in [7, 11) is 0. The van der Waals surface area contributed by atoms with E-state index in [4.69, 9.17) is 0 Å². The number of alkyl halides is 2. The minimum atomic E-state index is -0.164. The second-order valence-corrected chi connectivity index (χ2v) is 7.35. The van der Waals surface area contributed by atoms with Crippen LogP contribution in [0.25, 0.3) is 0 Å². The Balaban J connectivity index is 1.98. The van der Waals surface area contributed by atoms with Crippen molar-refractivity contribution in [2.24, 2.45) is 17.8 Å². The standard InChI is InChI=1S/C14H23Br2NO/c1-14(8-15,9-16)17-13(18)12(10-4-2-5-10)11-6-3-7-11/h10-12H,2-9H2,1H3,(H,17,18). The van der Waals surface area contributed by atoms with E-state index < -0.39 is 0 Å². The molecule has 0 aromatic heterocycles. The first-order valence-corrected chi connectivity index (χ1v) is 9.28. The predicted molar refractivity (Wildman–Crippen MR) is 82.3 cm³/mol. The monoisotopic (exact) mass is 379 g/mol. The average Bonchev–Trinajstić information content (AvgIpc) is 2.23. The van der Waals surface area contributed by atoms with Crippen LogP contribution in [-0.4, -0.2) is 22.1 Å². The first kappa shape index (κ1) is 14.8. The van der Waals surface area contributed by atoms with Gasteiger partial charge < -0.3 is 5.32 Å². The summed E-state index contributed by atoms with van der Waals surface area (Å²) in [5.41, 5.74) is -0.164. The van der Waals surface area contributed by atoms with Gasteiger partial charge in [-0.3, -0.25) is 4.79 Å². The summed E-state index contributed by atoms with van der Waals surface area (Å²) in [6.07, 6.45) is 7.66. The van der Waals surface area contributed by atoms with Crippen molar-refractivity contribution in [3.63, 3.8) is 0 Å². The minimum Gasteiger partial charge on any atom is -0.349 e. The number of hydrogen-bond acceptors (Lipinski definition) is 1. The van der Waals surface area contributed by atoms with Crippen LogP contribution in [0.15, 0.2) is 0 Å². The second kappa shape index (κ2) is 6.25. The fourth-order valence-electron chi connectivity index (χ4n) is 2.89. The summed E-state index contributed by atoms with van der Waals surface area (Å²) in [5, 5.41) is 4.84. The van der Waals surface area contributed by atoms with E-state index in [1.54, 1.807) is 0 Å². The zero-order valence-electron chi connectivity index (χ0n) is 11.1. The van der Waals surface area contributed by atoms with Crippen LogP contribution in [0.4, 0.5) is 0 Å². The van der Waals surface area contributed by atoms with Gasteiger partial charge in [0.05, 0.1) is 5.54 Å². The Morgan fingerprint density at radius 1 is 1.17 bits per heavy atom. The van der Waals surface area contributed by atoms with Gasteiger partial charge in [-0.05, 0) is 44.4 Å². The Morgan fingerprint density at radius 2 is 1.61 bits per heavy atom. The first-order chi connectivity index (χ1) is 8.59. The van der Waals surface area contributed by atoms with Crippen LogP contribution in [0.3, 0.4) is 0 Å². The van der Waals surface area contributed by atoms with Crippen molar-refractivity contribution in [2.45, 2.75) is 51.0 Å². The van der Waals surface area contributed by atoms with Crippen molar-refractivity contribution in [3.05, 3.63) is 0 Å². The van der Waals surface area contributed by atoms with Crippen molar-refractivity contribution in [1.29, 1.82) is 0 Å². The Kier molecular flexibility index (Phi) is 5.15. The molecule has 2 aliphatic rings. The lowest BCUT2D eigenvalue weighted by Gasteiger charge is -2.43. The quantitative estimate of drug-likeness (QED) is 0.696. The topological polar surface area (TPSA) is 29.1 Å². The third-order valence-corrected chi connectivity index (χ3v) is 7.11. The van der Waals surface area contributed by atoms with Gasteiger partial charge in [0.1, 0.15) is 0 Å². The molecule has 2 fully saturated rings. The van der Waals surface area contributed by atoms with Gasteiger partial charge in [0.15, 0.2) is 0 Å². The van der Waals surface area contributed by atoms with E-state index in [1.807, 2.05) is 0 Å². The summed E-state index contributed by atoms with van der Waals surface area (Å²) >= 11 is 7.00. The third-order valence-electron chi connectivity index (χ3n) is 4.63. The molecule has 0 atom stereocenters. The molecule has 18 heavy (non-hydrogen) atoms. The van der Waals surface area contributed by atoms with Crippen molar-refractivity contribution < 1.29 is 4.79 Å². The van der Waals surface area contributed by atoms with E-state index in [0.29, 0.717) is 17.7 Å². The van der Waals surface area contributed by atoms with Crippen molar-refractivity contribution in [2.75, 3.05) is 10.7 Å². The van der Waals surface area contributed by atoms with Gasteiger partial charge in [-0.2, -0.15) is 0 Å². The molecule has 0 aliphatic heterocycles. The Hall–Kier alpha value is 0.430. The Morgan fingerprint density at radius 3 is 1.89 bits per heavy atom. The SMILES string of the molecule is CC(CBr)(CBr)NC(=O)C(C1CCC1)C1CCC1. The number of carbonyl (C=O) groups excluding carboxylic acids is 1. The maximum atomic E-state index is 12.6. The Bertz CT molecular complexity index is 282. The van der Waals surface area contributed by atoms with Crippen molar-refractivity contribution >= 4 is 37.8 Å². The van der Waals surface area contributed by atoms with Gasteiger partial charge in [-0.15, -0.1) is 0 Å². The normalized spacial score (nSPS) is 21.6. The summed E-state index contributed by atoms with van der Waals surface area (Å²) < 4.78 is 0. The van der Waals surface area contributed by atoms with Crippen LogP contribution >= 0.6 is 31.9 Å². The van der Waals surface area contributed by atoms with Gasteiger partial charge >= 0.3 is 0 Å². The Labute approximate surface area is 127 Å². The van der Waals surface area contributed by atoms with Crippen LogP contribution in [0.5, 0.6) is 0 Å². The van der Waals surface area contributed by atoms with Gasteiger partial charge in [0.25, 0.3) is 0 Å². The molecular weight excluding hydrogens is 358 g/mol. The molecule has 4 heteroatoms.